The van der Waals surface area contributed by atoms with Crippen LogP contribution < -0.4 is 10.0 Å². The Labute approximate surface area is 123 Å². The normalized spacial score (nSPS) is 19.4. The van der Waals surface area contributed by atoms with Crippen molar-refractivity contribution in [3.8, 4) is 0 Å². The lowest BCUT2D eigenvalue weighted by atomic mass is 10.2. The van der Waals surface area contributed by atoms with Crippen LogP contribution in [0.1, 0.15) is 18.9 Å². The average Bonchev–Trinajstić information content (AvgIpc) is 2.89. The highest BCUT2D eigenvalue weighted by Gasteiger charge is 2.25. The predicted octanol–water partition coefficient (Wildman–Crippen LogP) is 1.72. The van der Waals surface area contributed by atoms with Gasteiger partial charge in [0.15, 0.2) is 0 Å². The second-order valence-electron chi connectivity index (χ2n) is 4.71. The predicted molar refractivity (Wildman–Crippen MR) is 79.8 cm³/mol. The lowest BCUT2D eigenvalue weighted by Gasteiger charge is -2.15. The van der Waals surface area contributed by atoms with Crippen LogP contribution in [0.4, 0.5) is 4.39 Å². The quantitative estimate of drug-likeness (QED) is 0.838. The van der Waals surface area contributed by atoms with Gasteiger partial charge >= 0.3 is 0 Å². The van der Waals surface area contributed by atoms with E-state index >= 15 is 0 Å². The molecule has 1 aromatic rings. The van der Waals surface area contributed by atoms with Crippen LogP contribution in [-0.4, -0.2) is 32.5 Å². The first-order valence-corrected chi connectivity index (χ1v) is 9.26. The van der Waals surface area contributed by atoms with Crippen LogP contribution in [0.15, 0.2) is 23.1 Å². The molecule has 112 valence electrons. The van der Waals surface area contributed by atoms with Crippen LogP contribution in [0.3, 0.4) is 0 Å². The van der Waals surface area contributed by atoms with E-state index in [1.54, 1.807) is 11.8 Å². The number of nitrogens with one attached hydrogen (secondary N) is 2. The summed E-state index contributed by atoms with van der Waals surface area (Å²) < 4.78 is 40.9. The van der Waals surface area contributed by atoms with Gasteiger partial charge in [-0.15, -0.1) is 0 Å². The molecule has 1 heterocycles. The lowest BCUT2D eigenvalue weighted by Crippen LogP contribution is -2.35. The SMILES string of the molecule is CCNCc1ccc(F)cc1S(=O)(=O)NC1CCSC1. The fraction of sp³-hybridized carbons (Fsp3) is 0.538. The summed E-state index contributed by atoms with van der Waals surface area (Å²) in [6.07, 6.45) is 0.821. The van der Waals surface area contributed by atoms with Gasteiger partial charge in [0, 0.05) is 18.3 Å². The molecule has 1 atom stereocenters. The molecular weight excluding hydrogens is 299 g/mol. The number of hydrogen-bond acceptors (Lipinski definition) is 4. The zero-order valence-electron chi connectivity index (χ0n) is 11.4. The second kappa shape index (κ2) is 6.89. The van der Waals surface area contributed by atoms with Crippen LogP contribution in [0.25, 0.3) is 0 Å². The Morgan fingerprint density at radius 3 is 2.90 bits per heavy atom. The minimum absolute atomic E-state index is 0.0374. The molecule has 2 rings (SSSR count). The van der Waals surface area contributed by atoms with Crippen molar-refractivity contribution >= 4 is 21.8 Å². The van der Waals surface area contributed by atoms with Gasteiger partial charge in [-0.2, -0.15) is 11.8 Å². The Hall–Kier alpha value is -0.630. The number of hydrogen-bond donors (Lipinski definition) is 2. The molecule has 0 aliphatic carbocycles. The van der Waals surface area contributed by atoms with Crippen LogP contribution in [0, 0.1) is 5.82 Å². The van der Waals surface area contributed by atoms with Gasteiger partial charge in [-0.3, -0.25) is 0 Å². The Balaban J connectivity index is 2.26. The molecule has 1 saturated heterocycles. The van der Waals surface area contributed by atoms with Crippen LogP contribution in [0.5, 0.6) is 0 Å². The maximum Gasteiger partial charge on any atom is 0.241 e. The monoisotopic (exact) mass is 318 g/mol. The van der Waals surface area contributed by atoms with Crippen LogP contribution in [0.2, 0.25) is 0 Å². The molecule has 7 heteroatoms. The average molecular weight is 318 g/mol. The van der Waals surface area contributed by atoms with E-state index in [9.17, 15) is 12.8 Å². The van der Waals surface area contributed by atoms with Crippen LogP contribution in [-0.2, 0) is 16.6 Å². The molecule has 2 N–H and O–H groups in total. The topological polar surface area (TPSA) is 58.2 Å². The third-order valence-corrected chi connectivity index (χ3v) is 5.90. The summed E-state index contributed by atoms with van der Waals surface area (Å²) in [5.41, 5.74) is 0.589. The zero-order chi connectivity index (χ0) is 14.6. The standard InChI is InChI=1S/C13H19FN2O2S2/c1-2-15-8-10-3-4-11(14)7-13(10)20(17,18)16-12-5-6-19-9-12/h3-4,7,12,15-16H,2,5-6,8-9H2,1H3. The molecule has 1 fully saturated rings. The Kier molecular flexibility index (Phi) is 5.42. The van der Waals surface area contributed by atoms with Crippen molar-refractivity contribution in [3.63, 3.8) is 0 Å². The van der Waals surface area contributed by atoms with Crippen molar-refractivity contribution in [3.05, 3.63) is 29.6 Å². The number of rotatable bonds is 6. The Bertz CT molecular complexity index is 557. The van der Waals surface area contributed by atoms with Crippen LogP contribution >= 0.6 is 11.8 Å². The number of sulfonamides is 1. The van der Waals surface area contributed by atoms with E-state index in [0.717, 1.165) is 30.5 Å². The number of halogens is 1. The molecule has 0 radical (unpaired) electrons. The first-order valence-electron chi connectivity index (χ1n) is 6.62. The van der Waals surface area contributed by atoms with E-state index in [1.807, 2.05) is 6.92 Å². The lowest BCUT2D eigenvalue weighted by molar-refractivity contribution is 0.557. The van der Waals surface area contributed by atoms with E-state index < -0.39 is 15.8 Å². The van der Waals surface area contributed by atoms with E-state index in [1.165, 1.54) is 12.1 Å². The molecule has 20 heavy (non-hydrogen) atoms. The Morgan fingerprint density at radius 1 is 1.45 bits per heavy atom. The Morgan fingerprint density at radius 2 is 2.25 bits per heavy atom. The van der Waals surface area contributed by atoms with Gasteiger partial charge in [-0.05, 0) is 36.4 Å². The smallest absolute Gasteiger partial charge is 0.241 e. The van der Waals surface area contributed by atoms with Crippen molar-refractivity contribution in [2.24, 2.45) is 0 Å². The van der Waals surface area contributed by atoms with Crippen molar-refractivity contribution in [1.82, 2.24) is 10.0 Å². The van der Waals surface area contributed by atoms with Gasteiger partial charge in [-0.25, -0.2) is 17.5 Å². The molecule has 0 bridgehead atoms. The van der Waals surface area contributed by atoms with E-state index in [4.69, 9.17) is 0 Å². The summed E-state index contributed by atoms with van der Waals surface area (Å²) >= 11 is 1.73. The maximum atomic E-state index is 13.4. The molecule has 0 aromatic heterocycles. The van der Waals surface area contributed by atoms with Gasteiger partial charge in [0.25, 0.3) is 0 Å². The van der Waals surface area contributed by atoms with E-state index in [2.05, 4.69) is 10.0 Å². The summed E-state index contributed by atoms with van der Waals surface area (Å²) in [6, 6.07) is 3.85. The fourth-order valence-electron chi connectivity index (χ4n) is 2.09. The highest BCUT2D eigenvalue weighted by Crippen LogP contribution is 2.22. The van der Waals surface area contributed by atoms with E-state index in [-0.39, 0.29) is 10.9 Å². The highest BCUT2D eigenvalue weighted by atomic mass is 32.2. The maximum absolute atomic E-state index is 13.4. The minimum Gasteiger partial charge on any atom is -0.313 e. The van der Waals surface area contributed by atoms with Crippen molar-refractivity contribution < 1.29 is 12.8 Å². The van der Waals surface area contributed by atoms with Crippen molar-refractivity contribution in [2.75, 3.05) is 18.1 Å². The van der Waals surface area contributed by atoms with Crippen molar-refractivity contribution in [2.45, 2.75) is 30.8 Å². The number of thioether (sulfide) groups is 1. The van der Waals surface area contributed by atoms with E-state index in [0.29, 0.717) is 12.1 Å². The third-order valence-electron chi connectivity index (χ3n) is 3.14. The molecular formula is C13H19FN2O2S2. The molecule has 1 aromatic carbocycles. The zero-order valence-corrected chi connectivity index (χ0v) is 13.0. The van der Waals surface area contributed by atoms with Gasteiger partial charge in [0.05, 0.1) is 4.90 Å². The highest BCUT2D eigenvalue weighted by molar-refractivity contribution is 7.99. The van der Waals surface area contributed by atoms with Gasteiger partial charge in [0.2, 0.25) is 10.0 Å². The third kappa shape index (κ3) is 3.94. The van der Waals surface area contributed by atoms with Crippen molar-refractivity contribution in [1.29, 1.82) is 0 Å². The molecule has 0 spiro atoms. The molecule has 1 unspecified atom stereocenters. The summed E-state index contributed by atoms with van der Waals surface area (Å²) in [5.74, 6) is 1.20. The molecule has 1 aliphatic heterocycles. The first-order chi connectivity index (χ1) is 9.53. The fourth-order valence-corrected chi connectivity index (χ4v) is 4.87. The molecule has 1 aliphatic rings. The summed E-state index contributed by atoms with van der Waals surface area (Å²) in [5, 5.41) is 3.07. The summed E-state index contributed by atoms with van der Waals surface area (Å²) in [7, 11) is -3.67. The summed E-state index contributed by atoms with van der Waals surface area (Å²) in [4.78, 5) is 0.0374. The first kappa shape index (κ1) is 15.8. The second-order valence-corrected chi connectivity index (χ2v) is 7.55. The van der Waals surface area contributed by atoms with Gasteiger partial charge < -0.3 is 5.32 Å². The minimum atomic E-state index is -3.67. The van der Waals surface area contributed by atoms with Gasteiger partial charge in [0.1, 0.15) is 5.82 Å². The molecule has 0 saturated carbocycles. The molecule has 0 amide bonds. The molecule has 4 nitrogen and oxygen atoms in total. The largest absolute Gasteiger partial charge is 0.313 e. The number of benzene rings is 1. The summed E-state index contributed by atoms with van der Waals surface area (Å²) in [6.45, 7) is 3.07. The van der Waals surface area contributed by atoms with Gasteiger partial charge in [-0.1, -0.05) is 13.0 Å².